The van der Waals surface area contributed by atoms with Crippen molar-refractivity contribution in [2.45, 2.75) is 31.7 Å². The van der Waals surface area contributed by atoms with Gasteiger partial charge in [0.2, 0.25) is 10.0 Å². The van der Waals surface area contributed by atoms with Gasteiger partial charge in [0.15, 0.2) is 0 Å². The molecule has 1 aliphatic rings. The van der Waals surface area contributed by atoms with E-state index in [-0.39, 0.29) is 30.2 Å². The molecule has 1 amide bonds. The molecule has 204 valence electrons. The highest BCUT2D eigenvalue weighted by Gasteiger charge is 2.33. The third-order valence-electron chi connectivity index (χ3n) is 6.60. The molecule has 39 heavy (non-hydrogen) atoms. The predicted molar refractivity (Wildman–Crippen MR) is 149 cm³/mol. The quantitative estimate of drug-likeness (QED) is 0.289. The number of furan rings is 1. The Kier molecular flexibility index (Phi) is 7.09. The maximum Gasteiger partial charge on any atom is 0.255 e. The van der Waals surface area contributed by atoms with Crippen molar-refractivity contribution in [1.29, 1.82) is 0 Å². The first-order valence-electron chi connectivity index (χ1n) is 12.6. The third-order valence-corrected chi connectivity index (χ3v) is 7.74. The first-order valence-corrected chi connectivity index (χ1v) is 14.5. The van der Waals surface area contributed by atoms with Gasteiger partial charge in [-0.15, -0.1) is 0 Å². The Morgan fingerprint density at radius 2 is 1.74 bits per heavy atom. The van der Waals surface area contributed by atoms with Crippen LogP contribution in [0.3, 0.4) is 0 Å². The minimum Gasteiger partial charge on any atom is -0.457 e. The summed E-state index contributed by atoms with van der Waals surface area (Å²) in [5.41, 5.74) is 8.79. The highest BCUT2D eigenvalue weighted by atomic mass is 32.2. The third kappa shape index (κ3) is 5.62. The van der Waals surface area contributed by atoms with Crippen molar-refractivity contribution in [2.24, 2.45) is 5.73 Å². The lowest BCUT2D eigenvalue weighted by molar-refractivity contribution is 0.0964. The molecule has 3 aromatic carbocycles. The highest BCUT2D eigenvalue weighted by molar-refractivity contribution is 7.92. The fourth-order valence-corrected chi connectivity index (χ4v) is 5.65. The number of nitrogens with one attached hydrogen (secondary N) is 1. The van der Waals surface area contributed by atoms with Crippen LogP contribution in [0.4, 0.5) is 10.1 Å². The molecule has 1 fully saturated rings. The smallest absolute Gasteiger partial charge is 0.255 e. The number of carbonyl (C=O) groups excluding carboxylic acids is 1. The van der Waals surface area contributed by atoms with Gasteiger partial charge in [0, 0.05) is 36.7 Å². The number of ether oxygens (including phenoxy) is 1. The Morgan fingerprint density at radius 1 is 1.13 bits per heavy atom. The maximum absolute atomic E-state index is 13.2. The number of fused-ring (bicyclic) bond motifs is 1. The second-order valence-electron chi connectivity index (χ2n) is 9.92. The number of anilines is 1. The number of hydrogen-bond acceptors (Lipinski definition) is 6. The van der Waals surface area contributed by atoms with Gasteiger partial charge in [-0.2, -0.15) is 0 Å². The van der Waals surface area contributed by atoms with Gasteiger partial charge >= 0.3 is 0 Å². The Bertz CT molecular complexity index is 1630. The summed E-state index contributed by atoms with van der Waals surface area (Å²) in [6.45, 7) is 1.88. The fourth-order valence-electron chi connectivity index (χ4n) is 4.63. The number of rotatable bonds is 9. The summed E-state index contributed by atoms with van der Waals surface area (Å²) >= 11 is 0. The zero-order valence-electron chi connectivity index (χ0n) is 21.9. The van der Waals surface area contributed by atoms with Crippen LogP contribution in [0.2, 0.25) is 0 Å². The first-order chi connectivity index (χ1) is 18.5. The number of amides is 1. The van der Waals surface area contributed by atoms with Crippen molar-refractivity contribution in [3.8, 4) is 22.8 Å². The highest BCUT2D eigenvalue weighted by Crippen LogP contribution is 2.48. The molecule has 0 saturated heterocycles. The van der Waals surface area contributed by atoms with Crippen LogP contribution < -0.4 is 20.1 Å². The van der Waals surface area contributed by atoms with Crippen LogP contribution in [0.25, 0.3) is 22.3 Å². The van der Waals surface area contributed by atoms with Gasteiger partial charge in [0.05, 0.1) is 17.5 Å². The van der Waals surface area contributed by atoms with E-state index in [0.29, 0.717) is 45.0 Å². The van der Waals surface area contributed by atoms with Crippen molar-refractivity contribution < 1.29 is 26.8 Å². The molecular weight excluding hydrogens is 521 g/mol. The second kappa shape index (κ2) is 10.3. The van der Waals surface area contributed by atoms with Crippen molar-refractivity contribution in [3.63, 3.8) is 0 Å². The molecular formula is C29H30FN3O5S. The minimum atomic E-state index is -3.62. The summed E-state index contributed by atoms with van der Waals surface area (Å²) < 4.78 is 52.1. The van der Waals surface area contributed by atoms with E-state index >= 15 is 0 Å². The topological polar surface area (TPSA) is 115 Å². The summed E-state index contributed by atoms with van der Waals surface area (Å²) in [6, 6.07) is 15.9. The molecule has 1 saturated carbocycles. The summed E-state index contributed by atoms with van der Waals surface area (Å²) in [5.74, 6) is 0.896. The predicted octanol–water partition coefficient (Wildman–Crippen LogP) is 5.38. The van der Waals surface area contributed by atoms with E-state index in [2.05, 4.69) is 5.32 Å². The lowest BCUT2D eigenvalue weighted by Gasteiger charge is -2.26. The summed E-state index contributed by atoms with van der Waals surface area (Å²) in [7, 11) is -2.07. The van der Waals surface area contributed by atoms with Gasteiger partial charge in [0.25, 0.3) is 5.91 Å². The summed E-state index contributed by atoms with van der Waals surface area (Å²) in [5, 5.41) is 3.30. The molecule has 10 heteroatoms. The van der Waals surface area contributed by atoms with Crippen LogP contribution in [0.1, 0.15) is 41.6 Å². The molecule has 3 N–H and O–H groups in total. The van der Waals surface area contributed by atoms with E-state index in [4.69, 9.17) is 14.9 Å². The Balaban J connectivity index is 1.61. The first kappa shape index (κ1) is 26.7. The lowest BCUT2D eigenvalue weighted by atomic mass is 10.00. The Labute approximate surface area is 226 Å². The summed E-state index contributed by atoms with van der Waals surface area (Å²) in [6.07, 6.45) is 3.03. The van der Waals surface area contributed by atoms with Crippen LogP contribution >= 0.6 is 0 Å². The van der Waals surface area contributed by atoms with Crippen LogP contribution in [-0.2, 0) is 10.0 Å². The van der Waals surface area contributed by atoms with E-state index in [0.717, 1.165) is 24.7 Å². The van der Waals surface area contributed by atoms with Crippen LogP contribution in [0, 0.1) is 5.82 Å². The Morgan fingerprint density at radius 3 is 2.28 bits per heavy atom. The molecule has 0 spiro atoms. The molecule has 8 nitrogen and oxygen atoms in total. The molecule has 1 heterocycles. The van der Waals surface area contributed by atoms with E-state index in [1.807, 2.05) is 6.07 Å². The molecule has 1 atom stereocenters. The average Bonchev–Trinajstić information content (AvgIpc) is 3.67. The van der Waals surface area contributed by atoms with Gasteiger partial charge in [0.1, 0.15) is 28.7 Å². The van der Waals surface area contributed by atoms with Crippen LogP contribution in [0.15, 0.2) is 65.1 Å². The minimum absolute atomic E-state index is 0.120. The lowest BCUT2D eigenvalue weighted by Crippen LogP contribution is -2.39. The summed E-state index contributed by atoms with van der Waals surface area (Å²) in [4.78, 5) is 13.1. The maximum atomic E-state index is 13.2. The number of nitrogens with zero attached hydrogens (tertiary/aromatic N) is 1. The van der Waals surface area contributed by atoms with E-state index in [1.165, 1.54) is 28.6 Å². The van der Waals surface area contributed by atoms with Crippen molar-refractivity contribution in [1.82, 2.24) is 5.32 Å². The van der Waals surface area contributed by atoms with Crippen molar-refractivity contribution >= 4 is 32.6 Å². The van der Waals surface area contributed by atoms with Crippen LogP contribution in [-0.4, -0.2) is 40.2 Å². The van der Waals surface area contributed by atoms with Gasteiger partial charge in [-0.05, 0) is 85.8 Å². The average molecular weight is 552 g/mol. The Hall–Kier alpha value is -3.89. The number of halogens is 1. The van der Waals surface area contributed by atoms with Crippen molar-refractivity contribution in [2.75, 3.05) is 24.2 Å². The standard InChI is InChI=1S/C29H30FN3O5S/c1-17(31)16-33(39(3,35)36)25-15-26-24(14-23(25)18-4-5-18)27(29(34)32-2)28(38-26)19-6-10-21(11-7-19)37-22-12-8-20(30)9-13-22/h6-15,17-18H,4-5,16,31H2,1-3H3,(H,32,34). The van der Waals surface area contributed by atoms with Crippen LogP contribution in [0.5, 0.6) is 11.5 Å². The van der Waals surface area contributed by atoms with Crippen molar-refractivity contribution in [3.05, 3.63) is 77.6 Å². The molecule has 1 aromatic heterocycles. The molecule has 4 aromatic rings. The largest absolute Gasteiger partial charge is 0.457 e. The number of nitrogens with two attached hydrogens (primary N) is 1. The second-order valence-corrected chi connectivity index (χ2v) is 11.8. The molecule has 0 bridgehead atoms. The number of sulfonamides is 1. The number of hydrogen-bond donors (Lipinski definition) is 2. The zero-order chi connectivity index (χ0) is 27.9. The molecule has 0 aliphatic heterocycles. The fraction of sp³-hybridized carbons (Fsp3) is 0.276. The molecule has 5 rings (SSSR count). The normalized spacial score (nSPS) is 14.3. The monoisotopic (exact) mass is 551 g/mol. The van der Waals surface area contributed by atoms with E-state index in [1.54, 1.807) is 44.3 Å². The van der Waals surface area contributed by atoms with Gasteiger partial charge in [-0.1, -0.05) is 0 Å². The van der Waals surface area contributed by atoms with Gasteiger partial charge in [-0.25, -0.2) is 12.8 Å². The molecule has 0 radical (unpaired) electrons. The van der Waals surface area contributed by atoms with Gasteiger partial charge < -0.3 is 20.2 Å². The van der Waals surface area contributed by atoms with E-state index in [9.17, 15) is 17.6 Å². The molecule has 1 aliphatic carbocycles. The molecule has 1 unspecified atom stereocenters. The number of benzene rings is 3. The SMILES string of the molecule is CNC(=O)c1c(-c2ccc(Oc3ccc(F)cc3)cc2)oc2cc(N(CC(C)N)S(C)(=O)=O)c(C3CC3)cc12. The van der Waals surface area contributed by atoms with E-state index < -0.39 is 10.0 Å². The zero-order valence-corrected chi connectivity index (χ0v) is 22.7. The number of carbonyl (C=O) groups is 1. The van der Waals surface area contributed by atoms with Gasteiger partial charge in [-0.3, -0.25) is 9.10 Å².